The van der Waals surface area contributed by atoms with Crippen molar-refractivity contribution >= 4 is 17.3 Å². The summed E-state index contributed by atoms with van der Waals surface area (Å²) in [7, 11) is 0. The number of halogens is 1. The molecule has 0 saturated heterocycles. The van der Waals surface area contributed by atoms with Gasteiger partial charge >= 0.3 is 0 Å². The molecule has 1 aromatic carbocycles. The van der Waals surface area contributed by atoms with Crippen molar-refractivity contribution in [1.82, 2.24) is 0 Å². The number of hydrogen-bond donors (Lipinski definition) is 3. The third kappa shape index (κ3) is 2.18. The lowest BCUT2D eigenvalue weighted by Gasteiger charge is -2.11. The molecule has 1 aliphatic carbocycles. The highest BCUT2D eigenvalue weighted by Gasteiger charge is 2.45. The van der Waals surface area contributed by atoms with Crippen LogP contribution in [0.1, 0.15) is 30.6 Å². The smallest absolute Gasteiger partial charge is 0.250 e. The molecule has 0 aliphatic heterocycles. The van der Waals surface area contributed by atoms with Crippen molar-refractivity contribution in [2.75, 3.05) is 11.1 Å². The first-order valence-electron chi connectivity index (χ1n) is 5.46. The van der Waals surface area contributed by atoms with E-state index in [9.17, 15) is 9.18 Å². The quantitative estimate of drug-likeness (QED) is 0.700. The molecule has 0 aromatic heterocycles. The standard InChI is InChI=1S/C12H16FN3O/c1-12(2)5-10(12)16-9-3-6(11(15)17)8(14)4-7(9)13/h3-4,10,16H,5,14H2,1-2H3,(H2,15,17). The first kappa shape index (κ1) is 11.7. The minimum Gasteiger partial charge on any atom is -0.398 e. The number of nitrogens with two attached hydrogens (primary N) is 2. The second-order valence-electron chi connectivity index (χ2n) is 5.17. The Morgan fingerprint density at radius 2 is 2.12 bits per heavy atom. The SMILES string of the molecule is CC1(C)CC1Nc1cc(C(N)=O)c(N)cc1F. The molecule has 1 fully saturated rings. The van der Waals surface area contributed by atoms with Gasteiger partial charge in [-0.1, -0.05) is 13.8 Å². The van der Waals surface area contributed by atoms with Gasteiger partial charge in [-0.05, 0) is 24.0 Å². The second kappa shape index (κ2) is 3.61. The van der Waals surface area contributed by atoms with Crippen molar-refractivity contribution in [1.29, 1.82) is 0 Å². The summed E-state index contributed by atoms with van der Waals surface area (Å²) in [6.07, 6.45) is 0.975. The van der Waals surface area contributed by atoms with Crippen LogP contribution >= 0.6 is 0 Å². The van der Waals surface area contributed by atoms with Crippen molar-refractivity contribution in [3.63, 3.8) is 0 Å². The molecule has 5 heteroatoms. The molecule has 0 bridgehead atoms. The van der Waals surface area contributed by atoms with Gasteiger partial charge < -0.3 is 16.8 Å². The first-order valence-corrected chi connectivity index (χ1v) is 5.46. The number of nitrogens with one attached hydrogen (secondary N) is 1. The molecule has 5 N–H and O–H groups in total. The van der Waals surface area contributed by atoms with Crippen LogP contribution in [0.5, 0.6) is 0 Å². The van der Waals surface area contributed by atoms with Crippen LogP contribution < -0.4 is 16.8 Å². The maximum Gasteiger partial charge on any atom is 0.250 e. The first-order chi connectivity index (χ1) is 7.81. The van der Waals surface area contributed by atoms with E-state index in [1.54, 1.807) is 0 Å². The van der Waals surface area contributed by atoms with Crippen LogP contribution in [-0.2, 0) is 0 Å². The topological polar surface area (TPSA) is 81.1 Å². The zero-order valence-electron chi connectivity index (χ0n) is 9.88. The van der Waals surface area contributed by atoms with E-state index in [0.29, 0.717) is 0 Å². The minimum atomic E-state index is -0.652. The number of amides is 1. The van der Waals surface area contributed by atoms with E-state index in [4.69, 9.17) is 11.5 Å². The van der Waals surface area contributed by atoms with Crippen molar-refractivity contribution in [2.45, 2.75) is 26.3 Å². The van der Waals surface area contributed by atoms with Crippen LogP contribution in [0, 0.1) is 11.2 Å². The van der Waals surface area contributed by atoms with Gasteiger partial charge in [0.2, 0.25) is 0 Å². The monoisotopic (exact) mass is 237 g/mol. The Labute approximate surface area is 99.2 Å². The van der Waals surface area contributed by atoms with Gasteiger partial charge in [0.15, 0.2) is 0 Å². The Morgan fingerprint density at radius 1 is 1.53 bits per heavy atom. The summed E-state index contributed by atoms with van der Waals surface area (Å²) >= 11 is 0. The van der Waals surface area contributed by atoms with Crippen molar-refractivity contribution in [2.24, 2.45) is 11.1 Å². The average molecular weight is 237 g/mol. The Bertz CT molecular complexity index is 485. The largest absolute Gasteiger partial charge is 0.398 e. The molecule has 1 atom stereocenters. The highest BCUT2D eigenvalue weighted by molar-refractivity contribution is 5.99. The fourth-order valence-corrected chi connectivity index (χ4v) is 1.81. The molecule has 0 spiro atoms. The van der Waals surface area contributed by atoms with Crippen molar-refractivity contribution in [3.05, 3.63) is 23.5 Å². The van der Waals surface area contributed by atoms with E-state index in [1.807, 2.05) is 0 Å². The number of nitrogen functional groups attached to an aromatic ring is 1. The summed E-state index contributed by atoms with van der Waals surface area (Å²) in [5, 5.41) is 3.06. The van der Waals surface area contributed by atoms with Gasteiger partial charge in [-0.3, -0.25) is 4.79 Å². The molecular formula is C12H16FN3O. The fraction of sp³-hybridized carbons (Fsp3) is 0.417. The van der Waals surface area contributed by atoms with Gasteiger partial charge in [0.25, 0.3) is 5.91 Å². The predicted molar refractivity (Wildman–Crippen MR) is 65.1 cm³/mol. The molecule has 1 amide bonds. The van der Waals surface area contributed by atoms with Crippen LogP contribution in [0.2, 0.25) is 0 Å². The van der Waals surface area contributed by atoms with Gasteiger partial charge in [-0.2, -0.15) is 0 Å². The highest BCUT2D eigenvalue weighted by atomic mass is 19.1. The zero-order valence-corrected chi connectivity index (χ0v) is 9.88. The Morgan fingerprint density at radius 3 is 2.59 bits per heavy atom. The molecule has 1 aliphatic rings. The average Bonchev–Trinajstić information content (AvgIpc) is 2.78. The van der Waals surface area contributed by atoms with Gasteiger partial charge in [-0.15, -0.1) is 0 Å². The van der Waals surface area contributed by atoms with Crippen LogP contribution in [-0.4, -0.2) is 11.9 Å². The summed E-state index contributed by atoms with van der Waals surface area (Å²) in [6.45, 7) is 4.18. The molecule has 0 radical (unpaired) electrons. The van der Waals surface area contributed by atoms with E-state index in [0.717, 1.165) is 12.5 Å². The zero-order chi connectivity index (χ0) is 12.8. The van der Waals surface area contributed by atoms with Gasteiger partial charge in [0.05, 0.1) is 11.3 Å². The summed E-state index contributed by atoms with van der Waals surface area (Å²) in [4.78, 5) is 11.1. The summed E-state index contributed by atoms with van der Waals surface area (Å²) in [5.74, 6) is -1.11. The van der Waals surface area contributed by atoms with Crippen LogP contribution in [0.25, 0.3) is 0 Å². The molecule has 92 valence electrons. The number of rotatable bonds is 3. The highest BCUT2D eigenvalue weighted by Crippen LogP contribution is 2.46. The van der Waals surface area contributed by atoms with Gasteiger partial charge in [-0.25, -0.2) is 4.39 Å². The number of primary amides is 1. The van der Waals surface area contributed by atoms with Crippen LogP contribution in [0.4, 0.5) is 15.8 Å². The third-order valence-corrected chi connectivity index (χ3v) is 3.25. The second-order valence-corrected chi connectivity index (χ2v) is 5.17. The molecule has 1 saturated carbocycles. The molecule has 17 heavy (non-hydrogen) atoms. The number of carbonyl (C=O) groups excluding carboxylic acids is 1. The molecule has 0 heterocycles. The number of carbonyl (C=O) groups is 1. The van der Waals surface area contributed by atoms with Crippen LogP contribution in [0.3, 0.4) is 0 Å². The van der Waals surface area contributed by atoms with E-state index in [1.165, 1.54) is 6.07 Å². The van der Waals surface area contributed by atoms with E-state index in [-0.39, 0.29) is 28.4 Å². The Kier molecular flexibility index (Phi) is 2.49. The Balaban J connectivity index is 2.28. The molecule has 4 nitrogen and oxygen atoms in total. The normalized spacial score (nSPS) is 21.0. The number of benzene rings is 1. The number of anilines is 2. The lowest BCUT2D eigenvalue weighted by Crippen LogP contribution is -2.16. The molecule has 1 aromatic rings. The maximum absolute atomic E-state index is 13.6. The predicted octanol–water partition coefficient (Wildman–Crippen LogP) is 1.72. The number of hydrogen-bond acceptors (Lipinski definition) is 3. The van der Waals surface area contributed by atoms with E-state index < -0.39 is 11.7 Å². The summed E-state index contributed by atoms with van der Waals surface area (Å²) in [5.41, 5.74) is 11.3. The lowest BCUT2D eigenvalue weighted by molar-refractivity contribution is 0.100. The molecule has 2 rings (SSSR count). The Hall–Kier alpha value is -1.78. The molecule has 1 unspecified atom stereocenters. The van der Waals surface area contributed by atoms with E-state index >= 15 is 0 Å². The summed E-state index contributed by atoms with van der Waals surface area (Å²) in [6, 6.07) is 2.72. The van der Waals surface area contributed by atoms with Crippen molar-refractivity contribution in [3.8, 4) is 0 Å². The maximum atomic E-state index is 13.6. The lowest BCUT2D eigenvalue weighted by atomic mass is 10.1. The van der Waals surface area contributed by atoms with Crippen molar-refractivity contribution < 1.29 is 9.18 Å². The minimum absolute atomic E-state index is 0.0654. The van der Waals surface area contributed by atoms with Gasteiger partial charge in [0.1, 0.15) is 5.82 Å². The van der Waals surface area contributed by atoms with Gasteiger partial charge in [0, 0.05) is 11.7 Å². The third-order valence-electron chi connectivity index (χ3n) is 3.25. The molecular weight excluding hydrogens is 221 g/mol. The summed E-state index contributed by atoms with van der Waals surface area (Å²) < 4.78 is 13.6. The van der Waals surface area contributed by atoms with E-state index in [2.05, 4.69) is 19.2 Å². The fourth-order valence-electron chi connectivity index (χ4n) is 1.81. The van der Waals surface area contributed by atoms with Crippen LogP contribution in [0.15, 0.2) is 12.1 Å².